The van der Waals surface area contributed by atoms with Crippen molar-refractivity contribution >= 4 is 23.2 Å². The highest BCUT2D eigenvalue weighted by Gasteiger charge is 2.03. The normalized spacial score (nSPS) is 10.0. The molecule has 0 saturated heterocycles. The second-order valence-corrected chi connectivity index (χ2v) is 4.34. The Morgan fingerprint density at radius 3 is 2.95 bits per heavy atom. The van der Waals surface area contributed by atoms with E-state index in [0.29, 0.717) is 18.3 Å². The first-order chi connectivity index (χ1) is 9.11. The monoisotopic (exact) mass is 285 g/mol. The van der Waals surface area contributed by atoms with Crippen molar-refractivity contribution in [2.75, 3.05) is 20.3 Å². The van der Waals surface area contributed by atoms with Crippen LogP contribution in [0.5, 0.6) is 0 Å². The maximum atomic E-state index is 11.6. The number of thiocarbonyl (C=S) groups is 1. The minimum Gasteiger partial charge on any atom is -0.385 e. The van der Waals surface area contributed by atoms with E-state index in [1.807, 2.05) is 13.0 Å². The molecule has 0 aromatic carbocycles. The number of amides is 1. The Morgan fingerprint density at radius 1 is 1.53 bits per heavy atom. The first-order valence-corrected chi connectivity index (χ1v) is 6.34. The predicted molar refractivity (Wildman–Crippen MR) is 75.3 cm³/mol. The molecule has 0 atom stereocenters. The van der Waals surface area contributed by atoms with Crippen LogP contribution in [0.1, 0.15) is 12.1 Å². The van der Waals surface area contributed by atoms with E-state index in [4.69, 9.17) is 17.0 Å². The molecule has 1 amide bonds. The van der Waals surface area contributed by atoms with Gasteiger partial charge in [-0.1, -0.05) is 0 Å². The maximum absolute atomic E-state index is 11.6. The van der Waals surface area contributed by atoms with E-state index in [9.17, 15) is 4.79 Å². The van der Waals surface area contributed by atoms with Crippen LogP contribution < -0.4 is 16.2 Å². The fraction of sp³-hybridized carbons (Fsp3) is 0.545. The summed E-state index contributed by atoms with van der Waals surface area (Å²) in [6, 6.07) is 1.84. The third kappa shape index (κ3) is 6.73. The molecular formula is C11H19N5O2S. The fourth-order valence-corrected chi connectivity index (χ4v) is 1.48. The molecule has 106 valence electrons. The van der Waals surface area contributed by atoms with E-state index in [1.54, 1.807) is 18.0 Å². The van der Waals surface area contributed by atoms with Gasteiger partial charge >= 0.3 is 0 Å². The van der Waals surface area contributed by atoms with Crippen LogP contribution in [0.3, 0.4) is 0 Å². The van der Waals surface area contributed by atoms with Crippen LogP contribution in [0.4, 0.5) is 0 Å². The van der Waals surface area contributed by atoms with Crippen LogP contribution in [0.2, 0.25) is 0 Å². The van der Waals surface area contributed by atoms with Crippen LogP contribution >= 0.6 is 12.2 Å². The zero-order chi connectivity index (χ0) is 14.1. The number of nitrogens with one attached hydrogen (secondary N) is 3. The van der Waals surface area contributed by atoms with Crippen molar-refractivity contribution in [3.8, 4) is 0 Å². The number of aromatic nitrogens is 2. The molecule has 1 aromatic rings. The van der Waals surface area contributed by atoms with E-state index in [1.165, 1.54) is 0 Å². The summed E-state index contributed by atoms with van der Waals surface area (Å²) in [5.41, 5.74) is 5.99. The number of hydrogen-bond donors (Lipinski definition) is 3. The number of carbonyl (C=O) groups excluding carboxylic acids is 1. The number of carbonyl (C=O) groups is 1. The molecule has 0 bridgehead atoms. The summed E-state index contributed by atoms with van der Waals surface area (Å²) in [6.45, 7) is 3.37. The van der Waals surface area contributed by atoms with Gasteiger partial charge in [0, 0.05) is 26.5 Å². The van der Waals surface area contributed by atoms with Gasteiger partial charge in [-0.15, -0.1) is 0 Å². The van der Waals surface area contributed by atoms with Gasteiger partial charge < -0.3 is 10.1 Å². The number of hydrazine groups is 1. The van der Waals surface area contributed by atoms with Crippen molar-refractivity contribution in [2.45, 2.75) is 19.9 Å². The highest BCUT2D eigenvalue weighted by atomic mass is 32.1. The van der Waals surface area contributed by atoms with Crippen LogP contribution in [0.15, 0.2) is 12.3 Å². The molecule has 0 saturated carbocycles. The van der Waals surface area contributed by atoms with Gasteiger partial charge in [-0.2, -0.15) is 5.10 Å². The Hall–Kier alpha value is -1.67. The molecule has 3 N–H and O–H groups in total. The van der Waals surface area contributed by atoms with Gasteiger partial charge in [-0.3, -0.25) is 20.3 Å². The van der Waals surface area contributed by atoms with Crippen molar-refractivity contribution in [3.05, 3.63) is 18.0 Å². The maximum Gasteiger partial charge on any atom is 0.260 e. The summed E-state index contributed by atoms with van der Waals surface area (Å²) in [6.07, 6.45) is 2.59. The molecule has 0 unspecified atom stereocenters. The van der Waals surface area contributed by atoms with Crippen LogP contribution in [0, 0.1) is 6.92 Å². The second-order valence-electron chi connectivity index (χ2n) is 3.93. The minimum absolute atomic E-state index is 0.146. The molecule has 0 aliphatic heterocycles. The van der Waals surface area contributed by atoms with Gasteiger partial charge in [0.1, 0.15) is 6.54 Å². The fourth-order valence-electron chi connectivity index (χ4n) is 1.33. The number of hydrogen-bond acceptors (Lipinski definition) is 4. The Kier molecular flexibility index (Phi) is 6.83. The zero-order valence-electron chi connectivity index (χ0n) is 11.1. The molecule has 0 spiro atoms. The van der Waals surface area contributed by atoms with E-state index in [2.05, 4.69) is 21.3 Å². The summed E-state index contributed by atoms with van der Waals surface area (Å²) >= 11 is 4.99. The SMILES string of the molecule is COCCCNC(=S)NNC(=O)Cn1ccc(C)n1. The molecule has 0 radical (unpaired) electrons. The number of ether oxygens (including phenoxy) is 1. The van der Waals surface area contributed by atoms with Crippen molar-refractivity contribution in [2.24, 2.45) is 0 Å². The topological polar surface area (TPSA) is 80.2 Å². The molecule has 7 nitrogen and oxygen atoms in total. The summed E-state index contributed by atoms with van der Waals surface area (Å²) in [7, 11) is 1.65. The lowest BCUT2D eigenvalue weighted by Crippen LogP contribution is -2.48. The molecule has 0 aliphatic carbocycles. The summed E-state index contributed by atoms with van der Waals surface area (Å²) in [5, 5.41) is 7.43. The van der Waals surface area contributed by atoms with Crippen molar-refractivity contribution in [1.82, 2.24) is 25.9 Å². The lowest BCUT2D eigenvalue weighted by molar-refractivity contribution is -0.122. The molecule has 1 heterocycles. The van der Waals surface area contributed by atoms with Crippen molar-refractivity contribution in [1.29, 1.82) is 0 Å². The second kappa shape index (κ2) is 8.44. The van der Waals surface area contributed by atoms with Gasteiger partial charge in [-0.05, 0) is 31.6 Å². The zero-order valence-corrected chi connectivity index (χ0v) is 11.9. The Bertz CT molecular complexity index is 421. The van der Waals surface area contributed by atoms with Gasteiger partial charge in [0.05, 0.1) is 5.69 Å². The highest BCUT2D eigenvalue weighted by molar-refractivity contribution is 7.80. The molecule has 1 rings (SSSR count). The van der Waals surface area contributed by atoms with Crippen molar-refractivity contribution in [3.63, 3.8) is 0 Å². The average molecular weight is 285 g/mol. The number of nitrogens with zero attached hydrogens (tertiary/aromatic N) is 2. The Balaban J connectivity index is 2.14. The highest BCUT2D eigenvalue weighted by Crippen LogP contribution is 1.91. The Morgan fingerprint density at radius 2 is 2.32 bits per heavy atom. The van der Waals surface area contributed by atoms with Crippen LogP contribution in [-0.2, 0) is 16.1 Å². The largest absolute Gasteiger partial charge is 0.385 e. The molecule has 0 fully saturated rings. The predicted octanol–water partition coefficient (Wildman–Crippen LogP) is -0.277. The van der Waals surface area contributed by atoms with Gasteiger partial charge in [0.15, 0.2) is 5.11 Å². The molecular weight excluding hydrogens is 266 g/mol. The van der Waals surface area contributed by atoms with E-state index in [-0.39, 0.29) is 12.5 Å². The first kappa shape index (κ1) is 15.4. The molecule has 0 aliphatic rings. The molecule has 19 heavy (non-hydrogen) atoms. The smallest absolute Gasteiger partial charge is 0.260 e. The molecule has 1 aromatic heterocycles. The van der Waals surface area contributed by atoms with Crippen molar-refractivity contribution < 1.29 is 9.53 Å². The lowest BCUT2D eigenvalue weighted by atomic mass is 10.4. The lowest BCUT2D eigenvalue weighted by Gasteiger charge is -2.11. The minimum atomic E-state index is -0.218. The van der Waals surface area contributed by atoms with Crippen LogP contribution in [-0.4, -0.2) is 41.1 Å². The number of aryl methyl sites for hydroxylation is 1. The van der Waals surface area contributed by atoms with E-state index < -0.39 is 0 Å². The number of rotatable bonds is 6. The quantitative estimate of drug-likeness (QED) is 0.379. The number of methoxy groups -OCH3 is 1. The average Bonchev–Trinajstić information content (AvgIpc) is 2.77. The van der Waals surface area contributed by atoms with Gasteiger partial charge in [-0.25, -0.2) is 0 Å². The summed E-state index contributed by atoms with van der Waals surface area (Å²) in [4.78, 5) is 11.6. The third-order valence-corrected chi connectivity index (χ3v) is 2.45. The summed E-state index contributed by atoms with van der Waals surface area (Å²) in [5.74, 6) is -0.218. The Labute approximate surface area is 117 Å². The van der Waals surface area contributed by atoms with E-state index in [0.717, 1.165) is 12.1 Å². The standard InChI is InChI=1S/C11H19N5O2S/c1-9-4-6-16(15-9)8-10(17)13-14-11(19)12-5-3-7-18-2/h4,6H,3,5,7-8H2,1-2H3,(H,13,17)(H2,12,14,19). The third-order valence-electron chi connectivity index (χ3n) is 2.21. The van der Waals surface area contributed by atoms with Gasteiger partial charge in [0.2, 0.25) is 0 Å². The first-order valence-electron chi connectivity index (χ1n) is 5.93. The van der Waals surface area contributed by atoms with E-state index >= 15 is 0 Å². The molecule has 8 heteroatoms. The van der Waals surface area contributed by atoms with Crippen LogP contribution in [0.25, 0.3) is 0 Å². The van der Waals surface area contributed by atoms with Gasteiger partial charge in [0.25, 0.3) is 5.91 Å². The summed E-state index contributed by atoms with van der Waals surface area (Å²) < 4.78 is 6.46.